The summed E-state index contributed by atoms with van der Waals surface area (Å²) in [7, 11) is 0. The van der Waals surface area contributed by atoms with Crippen molar-refractivity contribution in [3.05, 3.63) is 25.3 Å². The van der Waals surface area contributed by atoms with Crippen molar-refractivity contribution in [3.63, 3.8) is 0 Å². The van der Waals surface area contributed by atoms with Crippen LogP contribution in [0.5, 0.6) is 0 Å². The molecule has 7 heteroatoms. The SMILES string of the molecule is CC(C)Cn1c(NC2=NCCCCC2)c(Br)c(=O)[nH]c1=O. The first-order chi connectivity index (χ1) is 9.99. The fourth-order valence-corrected chi connectivity index (χ4v) is 2.73. The van der Waals surface area contributed by atoms with Gasteiger partial charge in [0.05, 0.1) is 0 Å². The Labute approximate surface area is 131 Å². The average molecular weight is 357 g/mol. The Morgan fingerprint density at radius 2 is 2.10 bits per heavy atom. The van der Waals surface area contributed by atoms with E-state index in [0.717, 1.165) is 38.1 Å². The molecule has 0 unspecified atom stereocenters. The Bertz CT molecular complexity index is 645. The number of H-pyrrole nitrogens is 1. The van der Waals surface area contributed by atoms with Crippen LogP contribution in [0.15, 0.2) is 19.1 Å². The lowest BCUT2D eigenvalue weighted by molar-refractivity contribution is 0.506. The van der Waals surface area contributed by atoms with E-state index in [9.17, 15) is 9.59 Å². The summed E-state index contributed by atoms with van der Waals surface area (Å²) in [6, 6.07) is 0. The minimum atomic E-state index is -0.420. The number of rotatable bonds is 3. The summed E-state index contributed by atoms with van der Waals surface area (Å²) in [5.74, 6) is 1.63. The Kier molecular flexibility index (Phi) is 5.39. The van der Waals surface area contributed by atoms with Crippen molar-refractivity contribution < 1.29 is 0 Å². The maximum absolute atomic E-state index is 12.1. The van der Waals surface area contributed by atoms with Crippen molar-refractivity contribution in [1.82, 2.24) is 9.55 Å². The summed E-state index contributed by atoms with van der Waals surface area (Å²) in [5.41, 5.74) is -0.814. The Morgan fingerprint density at radius 3 is 2.81 bits per heavy atom. The highest BCUT2D eigenvalue weighted by molar-refractivity contribution is 9.10. The molecule has 116 valence electrons. The van der Waals surface area contributed by atoms with Gasteiger partial charge in [0.1, 0.15) is 16.1 Å². The smallest absolute Gasteiger partial charge is 0.329 e. The van der Waals surface area contributed by atoms with Gasteiger partial charge in [0, 0.05) is 19.5 Å². The van der Waals surface area contributed by atoms with Crippen molar-refractivity contribution >= 4 is 27.6 Å². The zero-order valence-corrected chi connectivity index (χ0v) is 14.0. The molecule has 1 aromatic heterocycles. The van der Waals surface area contributed by atoms with E-state index < -0.39 is 11.2 Å². The summed E-state index contributed by atoms with van der Waals surface area (Å²) in [5, 5.41) is 3.19. The predicted octanol–water partition coefficient (Wildman–Crippen LogP) is 2.34. The largest absolute Gasteiger partial charge is 0.329 e. The highest BCUT2D eigenvalue weighted by atomic mass is 79.9. The summed E-state index contributed by atoms with van der Waals surface area (Å²) < 4.78 is 1.90. The van der Waals surface area contributed by atoms with Gasteiger partial charge in [0.2, 0.25) is 0 Å². The number of aliphatic imine (C=N–C) groups is 1. The number of hydrogen-bond donors (Lipinski definition) is 2. The van der Waals surface area contributed by atoms with Crippen LogP contribution in [0.1, 0.15) is 39.5 Å². The molecule has 1 aliphatic rings. The van der Waals surface area contributed by atoms with E-state index in [1.54, 1.807) is 4.57 Å². The van der Waals surface area contributed by atoms with Crippen LogP contribution in [-0.4, -0.2) is 21.9 Å². The zero-order valence-electron chi connectivity index (χ0n) is 12.4. The summed E-state index contributed by atoms with van der Waals surface area (Å²) >= 11 is 3.28. The second kappa shape index (κ2) is 7.06. The number of nitrogens with one attached hydrogen (secondary N) is 2. The molecule has 0 radical (unpaired) electrons. The molecular formula is C14H21BrN4O2. The van der Waals surface area contributed by atoms with Crippen LogP contribution in [0.4, 0.5) is 5.82 Å². The lowest BCUT2D eigenvalue weighted by Crippen LogP contribution is -2.35. The quantitative estimate of drug-likeness (QED) is 0.872. The van der Waals surface area contributed by atoms with Crippen LogP contribution in [0.25, 0.3) is 0 Å². The van der Waals surface area contributed by atoms with Crippen molar-refractivity contribution in [3.8, 4) is 0 Å². The Morgan fingerprint density at radius 1 is 1.33 bits per heavy atom. The van der Waals surface area contributed by atoms with E-state index in [0.29, 0.717) is 16.8 Å². The standard InChI is InChI=1S/C14H21BrN4O2/c1-9(2)8-19-12(11(15)13(20)18-14(19)21)17-10-6-4-3-5-7-16-10/h9H,3-8H2,1-2H3,(H,16,17)(H,18,20,21). The number of hydrogen-bond acceptors (Lipinski definition) is 4. The van der Waals surface area contributed by atoms with Gasteiger partial charge in [-0.2, -0.15) is 0 Å². The van der Waals surface area contributed by atoms with E-state index in [4.69, 9.17) is 0 Å². The van der Waals surface area contributed by atoms with Crippen molar-refractivity contribution in [2.24, 2.45) is 10.9 Å². The highest BCUT2D eigenvalue weighted by Gasteiger charge is 2.16. The minimum absolute atomic E-state index is 0.289. The number of aromatic nitrogens is 2. The third-order valence-corrected chi connectivity index (χ3v) is 4.06. The van der Waals surface area contributed by atoms with Crippen LogP contribution < -0.4 is 16.6 Å². The van der Waals surface area contributed by atoms with Gasteiger partial charge in [-0.3, -0.25) is 19.3 Å². The van der Waals surface area contributed by atoms with Crippen molar-refractivity contribution in [2.45, 2.75) is 46.1 Å². The number of anilines is 1. The molecule has 0 aliphatic carbocycles. The number of amidine groups is 1. The fourth-order valence-electron chi connectivity index (χ4n) is 2.32. The lowest BCUT2D eigenvalue weighted by Gasteiger charge is -2.17. The summed E-state index contributed by atoms with van der Waals surface area (Å²) in [6.07, 6.45) is 4.15. The highest BCUT2D eigenvalue weighted by Crippen LogP contribution is 2.19. The second-order valence-corrected chi connectivity index (χ2v) is 6.48. The number of aromatic amines is 1. The van der Waals surface area contributed by atoms with Crippen LogP contribution in [0.3, 0.4) is 0 Å². The van der Waals surface area contributed by atoms with E-state index in [-0.39, 0.29) is 5.92 Å². The summed E-state index contributed by atoms with van der Waals surface area (Å²) in [4.78, 5) is 30.7. The molecule has 21 heavy (non-hydrogen) atoms. The molecule has 1 aliphatic heterocycles. The maximum atomic E-state index is 12.1. The zero-order chi connectivity index (χ0) is 15.4. The third-order valence-electron chi connectivity index (χ3n) is 3.33. The number of halogens is 1. The van der Waals surface area contributed by atoms with Crippen LogP contribution >= 0.6 is 15.9 Å². The number of nitrogens with zero attached hydrogens (tertiary/aromatic N) is 2. The Hall–Kier alpha value is -1.37. The third kappa shape index (κ3) is 4.06. The van der Waals surface area contributed by atoms with E-state index >= 15 is 0 Å². The molecule has 0 amide bonds. The topological polar surface area (TPSA) is 79.2 Å². The molecule has 0 aromatic carbocycles. The van der Waals surface area contributed by atoms with Crippen LogP contribution in [0, 0.1) is 5.92 Å². The maximum Gasteiger partial charge on any atom is 0.329 e. The van der Waals surface area contributed by atoms with E-state index in [1.807, 2.05) is 13.8 Å². The van der Waals surface area contributed by atoms with Crippen molar-refractivity contribution in [1.29, 1.82) is 0 Å². The molecule has 2 rings (SSSR count). The molecule has 0 spiro atoms. The normalized spacial score (nSPS) is 15.7. The van der Waals surface area contributed by atoms with Gasteiger partial charge in [-0.25, -0.2) is 4.79 Å². The molecule has 0 fully saturated rings. The molecule has 0 bridgehead atoms. The molecule has 1 aromatic rings. The molecule has 0 saturated carbocycles. The molecule has 0 atom stereocenters. The minimum Gasteiger partial charge on any atom is -0.329 e. The first-order valence-corrected chi connectivity index (χ1v) is 8.11. The predicted molar refractivity (Wildman–Crippen MR) is 88.3 cm³/mol. The first-order valence-electron chi connectivity index (χ1n) is 7.32. The van der Waals surface area contributed by atoms with Crippen LogP contribution in [-0.2, 0) is 6.54 Å². The van der Waals surface area contributed by atoms with Gasteiger partial charge in [-0.1, -0.05) is 20.3 Å². The fraction of sp³-hybridized carbons (Fsp3) is 0.643. The van der Waals surface area contributed by atoms with Gasteiger partial charge in [-0.15, -0.1) is 0 Å². The van der Waals surface area contributed by atoms with E-state index in [2.05, 4.69) is 31.2 Å². The van der Waals surface area contributed by atoms with Gasteiger partial charge >= 0.3 is 5.69 Å². The van der Waals surface area contributed by atoms with Gasteiger partial charge in [0.25, 0.3) is 5.56 Å². The van der Waals surface area contributed by atoms with Crippen LogP contribution in [0.2, 0.25) is 0 Å². The molecule has 2 heterocycles. The summed E-state index contributed by atoms with van der Waals surface area (Å²) in [6.45, 7) is 5.37. The Balaban J connectivity index is 2.42. The van der Waals surface area contributed by atoms with Gasteiger partial charge in [-0.05, 0) is 34.7 Å². The molecular weight excluding hydrogens is 336 g/mol. The molecule has 2 N–H and O–H groups in total. The first kappa shape index (κ1) is 16.0. The molecule has 6 nitrogen and oxygen atoms in total. The van der Waals surface area contributed by atoms with Crippen molar-refractivity contribution in [2.75, 3.05) is 11.9 Å². The van der Waals surface area contributed by atoms with E-state index in [1.165, 1.54) is 0 Å². The average Bonchev–Trinajstić information content (AvgIpc) is 2.68. The lowest BCUT2D eigenvalue weighted by atomic mass is 10.2. The monoisotopic (exact) mass is 356 g/mol. The van der Waals surface area contributed by atoms with Gasteiger partial charge in [0.15, 0.2) is 0 Å². The molecule has 0 saturated heterocycles. The second-order valence-electron chi connectivity index (χ2n) is 5.69. The van der Waals surface area contributed by atoms with Gasteiger partial charge < -0.3 is 5.32 Å².